The van der Waals surface area contributed by atoms with E-state index in [1.807, 2.05) is 6.07 Å². The lowest BCUT2D eigenvalue weighted by atomic mass is 9.98. The van der Waals surface area contributed by atoms with Crippen LogP contribution in [0.4, 0.5) is 18.9 Å². The van der Waals surface area contributed by atoms with Crippen LogP contribution in [0.2, 0.25) is 0 Å². The van der Waals surface area contributed by atoms with Crippen molar-refractivity contribution in [2.24, 2.45) is 5.92 Å². The first-order valence-corrected chi connectivity index (χ1v) is 7.26. The van der Waals surface area contributed by atoms with Gasteiger partial charge in [-0.15, -0.1) is 0 Å². The van der Waals surface area contributed by atoms with Crippen molar-refractivity contribution in [3.05, 3.63) is 30.1 Å². The van der Waals surface area contributed by atoms with Gasteiger partial charge < -0.3 is 15.3 Å². The number of aliphatic hydroxyl groups is 1. The van der Waals surface area contributed by atoms with Gasteiger partial charge in [-0.1, -0.05) is 6.58 Å². The van der Waals surface area contributed by atoms with Crippen molar-refractivity contribution < 1.29 is 18.3 Å². The molecule has 22 heavy (non-hydrogen) atoms. The molecule has 1 saturated heterocycles. The van der Waals surface area contributed by atoms with E-state index in [1.54, 1.807) is 6.07 Å². The molecule has 1 aromatic rings. The number of nitrogens with zero attached hydrogens (tertiary/aromatic N) is 2. The Bertz CT molecular complexity index is 588. The topological polar surface area (TPSA) is 48.4 Å². The Morgan fingerprint density at radius 1 is 1.50 bits per heavy atom. The number of halogens is 3. The van der Waals surface area contributed by atoms with Gasteiger partial charge in [0.05, 0.1) is 29.4 Å². The van der Waals surface area contributed by atoms with Crippen LogP contribution in [0.1, 0.15) is 17.8 Å². The molecule has 120 valence electrons. The SMILES string of the molecule is C=C(N[C@H](CO)C(F)(F)F)c1ccc2c(n1)C[C@H]1CCN2C1. The summed E-state index contributed by atoms with van der Waals surface area (Å²) in [5.74, 6) is 0.580. The van der Waals surface area contributed by atoms with Gasteiger partial charge in [-0.05, 0) is 30.9 Å². The molecule has 0 unspecified atom stereocenters. The lowest BCUT2D eigenvalue weighted by Gasteiger charge is -2.27. The molecule has 4 nitrogen and oxygen atoms in total. The van der Waals surface area contributed by atoms with Gasteiger partial charge >= 0.3 is 6.18 Å². The molecule has 3 rings (SSSR count). The standard InChI is InChI=1S/C15H18F3N3O/c1-9(19-14(8-22)15(16,17)18)11-2-3-13-12(20-11)6-10-4-5-21(13)7-10/h2-3,10,14,19,22H,1,4-8H2/t10-,14-/m1/s1. The molecule has 3 heterocycles. The maximum absolute atomic E-state index is 12.7. The van der Waals surface area contributed by atoms with Crippen molar-refractivity contribution in [3.63, 3.8) is 0 Å². The Morgan fingerprint density at radius 2 is 2.27 bits per heavy atom. The predicted octanol–water partition coefficient (Wildman–Crippen LogP) is 1.95. The molecule has 1 aromatic heterocycles. The summed E-state index contributed by atoms with van der Waals surface area (Å²) in [6, 6.07) is 1.54. The Kier molecular flexibility index (Phi) is 3.76. The average Bonchev–Trinajstić information content (AvgIpc) is 2.85. The van der Waals surface area contributed by atoms with Crippen molar-refractivity contribution >= 4 is 11.4 Å². The minimum Gasteiger partial charge on any atom is -0.394 e. The fraction of sp³-hybridized carbons (Fsp3) is 0.533. The van der Waals surface area contributed by atoms with Crippen LogP contribution in [0, 0.1) is 5.92 Å². The molecule has 0 amide bonds. The van der Waals surface area contributed by atoms with E-state index in [-0.39, 0.29) is 5.70 Å². The fourth-order valence-electron chi connectivity index (χ4n) is 3.11. The Labute approximate surface area is 126 Å². The quantitative estimate of drug-likeness (QED) is 0.892. The van der Waals surface area contributed by atoms with E-state index < -0.39 is 18.8 Å². The maximum Gasteiger partial charge on any atom is 0.410 e. The molecule has 0 aliphatic carbocycles. The maximum atomic E-state index is 12.7. The predicted molar refractivity (Wildman–Crippen MR) is 77.4 cm³/mol. The monoisotopic (exact) mass is 313 g/mol. The van der Waals surface area contributed by atoms with E-state index in [4.69, 9.17) is 5.11 Å². The number of hydrogen-bond donors (Lipinski definition) is 2. The van der Waals surface area contributed by atoms with E-state index in [1.165, 1.54) is 0 Å². The van der Waals surface area contributed by atoms with Gasteiger partial charge in [-0.3, -0.25) is 0 Å². The first-order chi connectivity index (χ1) is 10.4. The highest BCUT2D eigenvalue weighted by Crippen LogP contribution is 2.35. The van der Waals surface area contributed by atoms with Crippen LogP contribution in [0.5, 0.6) is 0 Å². The largest absolute Gasteiger partial charge is 0.410 e. The van der Waals surface area contributed by atoms with Crippen LogP contribution in [-0.2, 0) is 6.42 Å². The summed E-state index contributed by atoms with van der Waals surface area (Å²) in [5, 5.41) is 11.1. The number of rotatable bonds is 4. The highest BCUT2D eigenvalue weighted by Gasteiger charge is 2.39. The van der Waals surface area contributed by atoms with Crippen LogP contribution in [0.3, 0.4) is 0 Å². The van der Waals surface area contributed by atoms with Crippen molar-refractivity contribution in [2.75, 3.05) is 24.6 Å². The number of pyridine rings is 1. The van der Waals surface area contributed by atoms with Gasteiger partial charge in [0.25, 0.3) is 0 Å². The number of aromatic nitrogens is 1. The second-order valence-electron chi connectivity index (χ2n) is 5.87. The molecule has 2 N–H and O–H groups in total. The highest BCUT2D eigenvalue weighted by atomic mass is 19.4. The smallest absolute Gasteiger partial charge is 0.394 e. The van der Waals surface area contributed by atoms with Crippen LogP contribution < -0.4 is 10.2 Å². The summed E-state index contributed by atoms with van der Waals surface area (Å²) in [6.07, 6.45) is -2.54. The zero-order chi connectivity index (χ0) is 15.9. The minimum absolute atomic E-state index is 0.0760. The molecule has 2 atom stereocenters. The summed E-state index contributed by atoms with van der Waals surface area (Å²) in [7, 11) is 0. The van der Waals surface area contributed by atoms with E-state index in [9.17, 15) is 13.2 Å². The number of nitrogens with one attached hydrogen (secondary N) is 1. The zero-order valence-corrected chi connectivity index (χ0v) is 12.0. The van der Waals surface area contributed by atoms with Crippen molar-refractivity contribution in [1.29, 1.82) is 0 Å². The van der Waals surface area contributed by atoms with Crippen molar-refractivity contribution in [2.45, 2.75) is 25.1 Å². The molecule has 2 bridgehead atoms. The highest BCUT2D eigenvalue weighted by molar-refractivity contribution is 5.63. The number of alkyl halides is 3. The van der Waals surface area contributed by atoms with Gasteiger partial charge in [0.15, 0.2) is 0 Å². The average molecular weight is 313 g/mol. The Balaban J connectivity index is 1.78. The van der Waals surface area contributed by atoms with Crippen LogP contribution in [0.25, 0.3) is 5.70 Å². The summed E-state index contributed by atoms with van der Waals surface area (Å²) >= 11 is 0. The van der Waals surface area contributed by atoms with Gasteiger partial charge in [0.1, 0.15) is 6.04 Å². The third kappa shape index (κ3) is 2.77. The Morgan fingerprint density at radius 3 is 2.95 bits per heavy atom. The first-order valence-electron chi connectivity index (χ1n) is 7.26. The van der Waals surface area contributed by atoms with E-state index in [0.717, 1.165) is 37.3 Å². The summed E-state index contributed by atoms with van der Waals surface area (Å²) in [5.41, 5.74) is 2.46. The third-order valence-corrected chi connectivity index (χ3v) is 4.29. The van der Waals surface area contributed by atoms with Crippen LogP contribution in [-0.4, -0.2) is 42.0 Å². The summed E-state index contributed by atoms with van der Waals surface area (Å²) < 4.78 is 38.1. The second kappa shape index (κ2) is 5.46. The van der Waals surface area contributed by atoms with Gasteiger partial charge in [0, 0.05) is 13.1 Å². The van der Waals surface area contributed by atoms with E-state index >= 15 is 0 Å². The second-order valence-corrected chi connectivity index (χ2v) is 5.87. The van der Waals surface area contributed by atoms with Gasteiger partial charge in [-0.2, -0.15) is 13.2 Å². The summed E-state index contributed by atoms with van der Waals surface area (Å²) in [4.78, 5) is 6.74. The molecule has 1 fully saturated rings. The molecule has 7 heteroatoms. The molecular weight excluding hydrogens is 295 g/mol. The van der Waals surface area contributed by atoms with E-state index in [0.29, 0.717) is 11.6 Å². The molecule has 2 aliphatic rings. The molecular formula is C15H18F3N3O. The number of aliphatic hydroxyl groups excluding tert-OH is 1. The first kappa shape index (κ1) is 15.1. The van der Waals surface area contributed by atoms with Crippen LogP contribution >= 0.6 is 0 Å². The van der Waals surface area contributed by atoms with Gasteiger partial charge in [-0.25, -0.2) is 4.98 Å². The molecule has 0 spiro atoms. The van der Waals surface area contributed by atoms with Crippen molar-refractivity contribution in [3.8, 4) is 0 Å². The fourth-order valence-corrected chi connectivity index (χ4v) is 3.11. The van der Waals surface area contributed by atoms with Gasteiger partial charge in [0.2, 0.25) is 0 Å². The molecule has 0 radical (unpaired) electrons. The number of hydrogen-bond acceptors (Lipinski definition) is 4. The number of anilines is 1. The Hall–Kier alpha value is -1.76. The normalized spacial score (nSPS) is 21.5. The molecule has 2 aliphatic heterocycles. The zero-order valence-electron chi connectivity index (χ0n) is 12.0. The number of fused-ring (bicyclic) bond motifs is 4. The van der Waals surface area contributed by atoms with E-state index in [2.05, 4.69) is 21.8 Å². The molecule has 0 aromatic carbocycles. The lowest BCUT2D eigenvalue weighted by Crippen LogP contribution is -2.44. The molecule has 0 saturated carbocycles. The summed E-state index contributed by atoms with van der Waals surface area (Å²) in [6.45, 7) is 4.64. The van der Waals surface area contributed by atoms with Crippen LogP contribution in [0.15, 0.2) is 18.7 Å². The lowest BCUT2D eigenvalue weighted by molar-refractivity contribution is -0.160. The van der Waals surface area contributed by atoms with Crippen molar-refractivity contribution in [1.82, 2.24) is 10.3 Å². The minimum atomic E-state index is -4.53. The third-order valence-electron chi connectivity index (χ3n) is 4.29.